The zero-order chi connectivity index (χ0) is 6.81. The molecule has 0 aromatic heterocycles. The van der Waals surface area contributed by atoms with Gasteiger partial charge >= 0.3 is 0 Å². The van der Waals surface area contributed by atoms with Gasteiger partial charge in [-0.1, -0.05) is 0 Å². The fourth-order valence-electron chi connectivity index (χ4n) is 1.56. The van der Waals surface area contributed by atoms with Crippen LogP contribution < -0.4 is 0 Å². The van der Waals surface area contributed by atoms with E-state index in [1.54, 1.807) is 0 Å². The van der Waals surface area contributed by atoms with E-state index in [-0.39, 0.29) is 0 Å². The van der Waals surface area contributed by atoms with E-state index < -0.39 is 0 Å². The van der Waals surface area contributed by atoms with E-state index in [1.807, 2.05) is 0 Å². The van der Waals surface area contributed by atoms with E-state index in [0.29, 0.717) is 6.10 Å². The molecule has 1 unspecified atom stereocenters. The van der Waals surface area contributed by atoms with Gasteiger partial charge in [-0.25, -0.2) is 0 Å². The molecule has 2 aliphatic heterocycles. The van der Waals surface area contributed by atoms with Crippen LogP contribution in [0, 0.1) is 5.92 Å². The summed E-state index contributed by atoms with van der Waals surface area (Å²) in [6, 6.07) is 0. The van der Waals surface area contributed by atoms with Crippen LogP contribution in [0.15, 0.2) is 0 Å². The van der Waals surface area contributed by atoms with Crippen LogP contribution in [-0.4, -0.2) is 25.9 Å². The number of hydrogen-bond donors (Lipinski definition) is 0. The Kier molecular flexibility index (Phi) is 1.91. The zero-order valence-corrected chi connectivity index (χ0v) is 6.21. The smallest absolute Gasteiger partial charge is 0.0812 e. The highest BCUT2D eigenvalue weighted by Crippen LogP contribution is 2.26. The summed E-state index contributed by atoms with van der Waals surface area (Å²) < 4.78 is 10.4. The number of rotatable bonds is 2. The summed E-state index contributed by atoms with van der Waals surface area (Å²) in [5, 5.41) is 0. The van der Waals surface area contributed by atoms with Crippen molar-refractivity contribution in [2.45, 2.75) is 25.4 Å². The summed E-state index contributed by atoms with van der Waals surface area (Å²) in [7, 11) is 0. The summed E-state index contributed by atoms with van der Waals surface area (Å²) in [5.41, 5.74) is 0. The van der Waals surface area contributed by atoms with Crippen LogP contribution in [0.1, 0.15) is 19.3 Å². The molecule has 2 heteroatoms. The summed E-state index contributed by atoms with van der Waals surface area (Å²) in [6.45, 7) is 2.95. The summed E-state index contributed by atoms with van der Waals surface area (Å²) in [4.78, 5) is 0. The van der Waals surface area contributed by atoms with Gasteiger partial charge in [-0.2, -0.15) is 0 Å². The fourth-order valence-corrected chi connectivity index (χ4v) is 1.56. The van der Waals surface area contributed by atoms with E-state index in [0.717, 1.165) is 25.7 Å². The third kappa shape index (κ3) is 1.70. The van der Waals surface area contributed by atoms with Crippen molar-refractivity contribution < 1.29 is 9.47 Å². The molecule has 2 saturated heterocycles. The SMILES string of the molecule is C1CC(CC2CO2)CCO1. The lowest BCUT2D eigenvalue weighted by atomic mass is 9.95. The van der Waals surface area contributed by atoms with E-state index in [2.05, 4.69) is 0 Å². The van der Waals surface area contributed by atoms with Crippen molar-refractivity contribution in [2.75, 3.05) is 19.8 Å². The normalized spacial score (nSPS) is 34.2. The van der Waals surface area contributed by atoms with E-state index in [9.17, 15) is 0 Å². The molecule has 58 valence electrons. The second kappa shape index (κ2) is 2.89. The maximum atomic E-state index is 5.26. The molecule has 0 aliphatic carbocycles. The Hall–Kier alpha value is -0.0800. The lowest BCUT2D eigenvalue weighted by Gasteiger charge is -2.20. The molecular weight excluding hydrogens is 128 g/mol. The molecule has 1 atom stereocenters. The molecule has 0 aromatic carbocycles. The molecule has 0 saturated carbocycles. The van der Waals surface area contributed by atoms with Crippen molar-refractivity contribution in [3.05, 3.63) is 0 Å². The Balaban J connectivity index is 1.69. The van der Waals surface area contributed by atoms with Crippen molar-refractivity contribution in [3.63, 3.8) is 0 Å². The number of hydrogen-bond acceptors (Lipinski definition) is 2. The first-order chi connectivity index (χ1) is 4.95. The van der Waals surface area contributed by atoms with Gasteiger partial charge in [0.2, 0.25) is 0 Å². The highest BCUT2D eigenvalue weighted by molar-refractivity contribution is 4.75. The summed E-state index contributed by atoms with van der Waals surface area (Å²) in [5.74, 6) is 0.890. The Morgan fingerprint density at radius 2 is 1.90 bits per heavy atom. The van der Waals surface area contributed by atoms with Gasteiger partial charge in [0.1, 0.15) is 0 Å². The maximum absolute atomic E-state index is 5.26. The first-order valence-corrected chi connectivity index (χ1v) is 4.14. The highest BCUT2D eigenvalue weighted by atomic mass is 16.6. The maximum Gasteiger partial charge on any atom is 0.0812 e. The van der Waals surface area contributed by atoms with Gasteiger partial charge in [0, 0.05) is 13.2 Å². The van der Waals surface area contributed by atoms with Gasteiger partial charge < -0.3 is 9.47 Å². The minimum absolute atomic E-state index is 0.614. The van der Waals surface area contributed by atoms with Crippen LogP contribution >= 0.6 is 0 Å². The third-order valence-corrected chi connectivity index (χ3v) is 2.34. The predicted octanol–water partition coefficient (Wildman–Crippen LogP) is 1.20. The van der Waals surface area contributed by atoms with Crippen molar-refractivity contribution >= 4 is 0 Å². The van der Waals surface area contributed by atoms with Crippen molar-refractivity contribution in [3.8, 4) is 0 Å². The largest absolute Gasteiger partial charge is 0.381 e. The van der Waals surface area contributed by atoms with Gasteiger partial charge in [-0.15, -0.1) is 0 Å². The van der Waals surface area contributed by atoms with Gasteiger partial charge in [0.05, 0.1) is 12.7 Å². The highest BCUT2D eigenvalue weighted by Gasteiger charge is 2.27. The van der Waals surface area contributed by atoms with E-state index in [1.165, 1.54) is 19.3 Å². The average Bonchev–Trinajstić information content (AvgIpc) is 2.74. The quantitative estimate of drug-likeness (QED) is 0.540. The van der Waals surface area contributed by atoms with Gasteiger partial charge in [0.15, 0.2) is 0 Å². The van der Waals surface area contributed by atoms with Crippen LogP contribution in [0.4, 0.5) is 0 Å². The van der Waals surface area contributed by atoms with Gasteiger partial charge in [-0.3, -0.25) is 0 Å². The molecular formula is C8H14O2. The molecule has 2 nitrogen and oxygen atoms in total. The van der Waals surface area contributed by atoms with Gasteiger partial charge in [-0.05, 0) is 25.2 Å². The molecule has 10 heavy (non-hydrogen) atoms. The topological polar surface area (TPSA) is 21.8 Å². The first-order valence-electron chi connectivity index (χ1n) is 4.14. The molecule has 0 amide bonds. The minimum atomic E-state index is 0.614. The average molecular weight is 142 g/mol. The minimum Gasteiger partial charge on any atom is -0.381 e. The lowest BCUT2D eigenvalue weighted by Crippen LogP contribution is -2.16. The first kappa shape index (κ1) is 6.62. The number of epoxide rings is 1. The summed E-state index contributed by atoms with van der Waals surface area (Å²) in [6.07, 6.45) is 4.39. The van der Waals surface area contributed by atoms with E-state index >= 15 is 0 Å². The Morgan fingerprint density at radius 3 is 2.50 bits per heavy atom. The second-order valence-electron chi connectivity index (χ2n) is 3.25. The molecule has 2 rings (SSSR count). The van der Waals surface area contributed by atoms with Gasteiger partial charge in [0.25, 0.3) is 0 Å². The monoisotopic (exact) mass is 142 g/mol. The van der Waals surface area contributed by atoms with Crippen LogP contribution in [0.25, 0.3) is 0 Å². The van der Waals surface area contributed by atoms with E-state index in [4.69, 9.17) is 9.47 Å². The third-order valence-electron chi connectivity index (χ3n) is 2.34. The molecule has 0 radical (unpaired) electrons. The fraction of sp³-hybridized carbons (Fsp3) is 1.00. The summed E-state index contributed by atoms with van der Waals surface area (Å²) >= 11 is 0. The molecule has 2 aliphatic rings. The predicted molar refractivity (Wildman–Crippen MR) is 37.9 cm³/mol. The molecule has 0 bridgehead atoms. The van der Waals surface area contributed by atoms with Crippen LogP contribution in [-0.2, 0) is 9.47 Å². The molecule has 0 aromatic rings. The molecule has 2 heterocycles. The molecule has 0 spiro atoms. The Morgan fingerprint density at radius 1 is 1.20 bits per heavy atom. The Labute approximate surface area is 61.5 Å². The van der Waals surface area contributed by atoms with Crippen LogP contribution in [0.3, 0.4) is 0 Å². The zero-order valence-electron chi connectivity index (χ0n) is 6.21. The number of ether oxygens (including phenoxy) is 2. The van der Waals surface area contributed by atoms with Crippen LogP contribution in [0.5, 0.6) is 0 Å². The standard InChI is InChI=1S/C8H14O2/c1-3-9-4-2-7(1)5-8-6-10-8/h7-8H,1-6H2. The van der Waals surface area contributed by atoms with Crippen molar-refractivity contribution in [1.29, 1.82) is 0 Å². The van der Waals surface area contributed by atoms with Crippen molar-refractivity contribution in [2.24, 2.45) is 5.92 Å². The Bertz CT molecular complexity index is 104. The lowest BCUT2D eigenvalue weighted by molar-refractivity contribution is 0.0615. The molecule has 2 fully saturated rings. The van der Waals surface area contributed by atoms with Crippen molar-refractivity contribution in [1.82, 2.24) is 0 Å². The second-order valence-corrected chi connectivity index (χ2v) is 3.25. The van der Waals surface area contributed by atoms with Crippen LogP contribution in [0.2, 0.25) is 0 Å². The molecule has 0 N–H and O–H groups in total.